The van der Waals surface area contributed by atoms with Gasteiger partial charge in [0.25, 0.3) is 5.56 Å². The van der Waals surface area contributed by atoms with Crippen LogP contribution in [-0.4, -0.2) is 41.0 Å². The molecule has 1 saturated carbocycles. The number of ether oxygens (including phenoxy) is 1. The van der Waals surface area contributed by atoms with Gasteiger partial charge in [-0.25, -0.2) is 4.98 Å². The Balaban J connectivity index is 1.30. The smallest absolute Gasteiger partial charge is 0.254 e. The van der Waals surface area contributed by atoms with Crippen molar-refractivity contribution in [1.29, 1.82) is 0 Å². The summed E-state index contributed by atoms with van der Waals surface area (Å²) < 4.78 is 5.26. The predicted molar refractivity (Wildman–Crippen MR) is 109 cm³/mol. The molecule has 1 amide bonds. The maximum absolute atomic E-state index is 12.8. The van der Waals surface area contributed by atoms with Crippen molar-refractivity contribution in [2.75, 3.05) is 20.2 Å². The summed E-state index contributed by atoms with van der Waals surface area (Å²) in [6, 6.07) is 7.70. The van der Waals surface area contributed by atoms with E-state index in [1.165, 1.54) is 0 Å². The van der Waals surface area contributed by atoms with E-state index in [2.05, 4.69) is 4.98 Å². The van der Waals surface area contributed by atoms with E-state index in [-0.39, 0.29) is 16.9 Å². The minimum absolute atomic E-state index is 0.0278. The standard InChI is InChI=1S/C23H27N3O3/c1-29-17-4-2-3-15(13-17)14-19(27)26-11-9-23(10-12-26)8-7-18-20(23)24-21(16-5-6-16)25-22(18)28/h2-4,13,16H,5-12,14H2,1H3,(H,24,25,28). The molecule has 1 N–H and O–H groups in total. The van der Waals surface area contributed by atoms with Gasteiger partial charge >= 0.3 is 0 Å². The quantitative estimate of drug-likeness (QED) is 0.867. The van der Waals surface area contributed by atoms with Crippen molar-refractivity contribution in [3.05, 3.63) is 57.3 Å². The van der Waals surface area contributed by atoms with Crippen LogP contribution in [0.1, 0.15) is 60.7 Å². The summed E-state index contributed by atoms with van der Waals surface area (Å²) >= 11 is 0. The fraction of sp³-hybridized carbons (Fsp3) is 0.522. The number of benzene rings is 1. The summed E-state index contributed by atoms with van der Waals surface area (Å²) in [7, 11) is 1.64. The fourth-order valence-corrected chi connectivity index (χ4v) is 4.96. The van der Waals surface area contributed by atoms with E-state index in [9.17, 15) is 9.59 Å². The Bertz CT molecular complexity index is 1000. The molecule has 0 radical (unpaired) electrons. The van der Waals surface area contributed by atoms with E-state index in [4.69, 9.17) is 9.72 Å². The van der Waals surface area contributed by atoms with Gasteiger partial charge in [-0.05, 0) is 56.2 Å². The molecule has 1 saturated heterocycles. The van der Waals surface area contributed by atoms with Crippen LogP contribution in [0.25, 0.3) is 0 Å². The van der Waals surface area contributed by atoms with Gasteiger partial charge in [0.2, 0.25) is 5.91 Å². The Labute approximate surface area is 170 Å². The fourth-order valence-electron chi connectivity index (χ4n) is 4.96. The number of likely N-dealkylation sites (tertiary alicyclic amines) is 1. The number of aromatic amines is 1. The van der Waals surface area contributed by atoms with Crippen molar-refractivity contribution >= 4 is 5.91 Å². The highest BCUT2D eigenvalue weighted by atomic mass is 16.5. The first-order chi connectivity index (χ1) is 14.1. The number of methoxy groups -OCH3 is 1. The van der Waals surface area contributed by atoms with Crippen LogP contribution in [0, 0.1) is 0 Å². The van der Waals surface area contributed by atoms with E-state index in [0.717, 1.165) is 80.0 Å². The molecule has 1 spiro atoms. The molecule has 1 aromatic carbocycles. The number of nitrogens with zero attached hydrogens (tertiary/aromatic N) is 2. The van der Waals surface area contributed by atoms with E-state index in [1.807, 2.05) is 29.2 Å². The van der Waals surface area contributed by atoms with Gasteiger partial charge in [-0.1, -0.05) is 12.1 Å². The van der Waals surface area contributed by atoms with E-state index < -0.39 is 0 Å². The zero-order valence-corrected chi connectivity index (χ0v) is 16.9. The topological polar surface area (TPSA) is 75.3 Å². The Morgan fingerprint density at radius 3 is 2.79 bits per heavy atom. The molecule has 5 rings (SSSR count). The summed E-state index contributed by atoms with van der Waals surface area (Å²) in [4.78, 5) is 35.3. The number of nitrogens with one attached hydrogen (secondary N) is 1. The zero-order valence-electron chi connectivity index (χ0n) is 16.9. The number of carbonyl (C=O) groups excluding carboxylic acids is 1. The number of piperidine rings is 1. The SMILES string of the molecule is COc1cccc(CC(=O)N2CCC3(CCc4c3nc(C3CC3)[nH]c4=O)CC2)c1. The number of hydrogen-bond donors (Lipinski definition) is 1. The Hall–Kier alpha value is -2.63. The molecular formula is C23H27N3O3. The molecule has 2 fully saturated rings. The highest BCUT2D eigenvalue weighted by Gasteiger charge is 2.45. The first kappa shape index (κ1) is 18.4. The lowest BCUT2D eigenvalue weighted by Crippen LogP contribution is -2.45. The molecule has 2 aromatic rings. The molecule has 2 aliphatic carbocycles. The largest absolute Gasteiger partial charge is 0.497 e. The van der Waals surface area contributed by atoms with Crippen molar-refractivity contribution < 1.29 is 9.53 Å². The van der Waals surface area contributed by atoms with Crippen LogP contribution in [0.2, 0.25) is 0 Å². The molecular weight excluding hydrogens is 366 g/mol. The lowest BCUT2D eigenvalue weighted by atomic mass is 9.76. The molecule has 2 heterocycles. The lowest BCUT2D eigenvalue weighted by Gasteiger charge is -2.39. The van der Waals surface area contributed by atoms with Crippen LogP contribution in [0.4, 0.5) is 0 Å². The predicted octanol–water partition coefficient (Wildman–Crippen LogP) is 2.71. The average Bonchev–Trinajstić information content (AvgIpc) is 3.53. The number of H-pyrrole nitrogens is 1. The Kier molecular flexibility index (Phi) is 4.45. The van der Waals surface area contributed by atoms with Crippen LogP contribution in [0.3, 0.4) is 0 Å². The number of aromatic nitrogens is 2. The number of amides is 1. The molecule has 0 unspecified atom stereocenters. The van der Waals surface area contributed by atoms with Crippen LogP contribution in [0.5, 0.6) is 5.75 Å². The number of carbonyl (C=O) groups is 1. The van der Waals surface area contributed by atoms with Crippen LogP contribution in [0.15, 0.2) is 29.1 Å². The van der Waals surface area contributed by atoms with Crippen LogP contribution in [-0.2, 0) is 23.1 Å². The molecule has 0 atom stereocenters. The Morgan fingerprint density at radius 2 is 2.07 bits per heavy atom. The second-order valence-corrected chi connectivity index (χ2v) is 8.74. The van der Waals surface area contributed by atoms with Crippen LogP contribution >= 0.6 is 0 Å². The van der Waals surface area contributed by atoms with Gasteiger partial charge in [-0.3, -0.25) is 9.59 Å². The normalized spacial score (nSPS) is 20.0. The lowest BCUT2D eigenvalue weighted by molar-refractivity contribution is -0.132. The molecule has 6 nitrogen and oxygen atoms in total. The average molecular weight is 393 g/mol. The maximum atomic E-state index is 12.8. The number of hydrogen-bond acceptors (Lipinski definition) is 4. The molecule has 3 aliphatic rings. The summed E-state index contributed by atoms with van der Waals surface area (Å²) in [5, 5.41) is 0. The minimum Gasteiger partial charge on any atom is -0.497 e. The first-order valence-electron chi connectivity index (χ1n) is 10.6. The minimum atomic E-state index is -0.0278. The summed E-state index contributed by atoms with van der Waals surface area (Å²) in [6.45, 7) is 1.46. The van der Waals surface area contributed by atoms with Gasteiger partial charge < -0.3 is 14.6 Å². The highest BCUT2D eigenvalue weighted by Crippen LogP contribution is 2.46. The molecule has 152 valence electrons. The summed E-state index contributed by atoms with van der Waals surface area (Å²) in [5.74, 6) is 2.25. The van der Waals surface area contributed by atoms with Gasteiger partial charge in [-0.2, -0.15) is 0 Å². The van der Waals surface area contributed by atoms with Crippen molar-refractivity contribution in [2.24, 2.45) is 0 Å². The van der Waals surface area contributed by atoms with Gasteiger partial charge in [0.1, 0.15) is 11.6 Å². The third-order valence-corrected chi connectivity index (χ3v) is 6.92. The van der Waals surface area contributed by atoms with Gasteiger partial charge in [0.05, 0.1) is 19.2 Å². The van der Waals surface area contributed by atoms with Crippen LogP contribution < -0.4 is 10.3 Å². The second-order valence-electron chi connectivity index (χ2n) is 8.74. The van der Waals surface area contributed by atoms with Crippen molar-refractivity contribution in [3.8, 4) is 5.75 Å². The van der Waals surface area contributed by atoms with Gasteiger partial charge in [0, 0.05) is 30.0 Å². The molecule has 0 bridgehead atoms. The summed E-state index contributed by atoms with van der Waals surface area (Å²) in [5.41, 5.74) is 2.92. The molecule has 6 heteroatoms. The number of fused-ring (bicyclic) bond motifs is 2. The number of rotatable bonds is 4. The van der Waals surface area contributed by atoms with E-state index >= 15 is 0 Å². The zero-order chi connectivity index (χ0) is 20.0. The van der Waals surface area contributed by atoms with E-state index in [1.54, 1.807) is 7.11 Å². The van der Waals surface area contributed by atoms with Crippen molar-refractivity contribution in [2.45, 2.75) is 56.3 Å². The monoisotopic (exact) mass is 393 g/mol. The van der Waals surface area contributed by atoms with Crippen molar-refractivity contribution in [3.63, 3.8) is 0 Å². The van der Waals surface area contributed by atoms with Gasteiger partial charge in [-0.15, -0.1) is 0 Å². The molecule has 1 aliphatic heterocycles. The third-order valence-electron chi connectivity index (χ3n) is 6.92. The third kappa shape index (κ3) is 3.34. The Morgan fingerprint density at radius 1 is 1.28 bits per heavy atom. The van der Waals surface area contributed by atoms with E-state index in [0.29, 0.717) is 12.3 Å². The molecule has 29 heavy (non-hydrogen) atoms. The molecule has 1 aromatic heterocycles. The van der Waals surface area contributed by atoms with Gasteiger partial charge in [0.15, 0.2) is 0 Å². The summed E-state index contributed by atoms with van der Waals surface area (Å²) in [6.07, 6.45) is 6.22. The highest BCUT2D eigenvalue weighted by molar-refractivity contribution is 5.79. The maximum Gasteiger partial charge on any atom is 0.254 e. The second kappa shape index (κ2) is 7.01. The van der Waals surface area contributed by atoms with Crippen molar-refractivity contribution in [1.82, 2.24) is 14.9 Å². The first-order valence-corrected chi connectivity index (χ1v) is 10.6.